The van der Waals surface area contributed by atoms with E-state index in [0.29, 0.717) is 25.9 Å². The van der Waals surface area contributed by atoms with Gasteiger partial charge in [0.2, 0.25) is 11.8 Å². The number of hydrogen-bond donors (Lipinski definition) is 1. The minimum absolute atomic E-state index is 0.00603. The molecule has 0 aliphatic carbocycles. The van der Waals surface area contributed by atoms with E-state index in [9.17, 15) is 9.59 Å². The van der Waals surface area contributed by atoms with Gasteiger partial charge < -0.3 is 10.2 Å². The Morgan fingerprint density at radius 2 is 1.50 bits per heavy atom. The fraction of sp³-hybridized carbons (Fsp3) is 0.417. The summed E-state index contributed by atoms with van der Waals surface area (Å²) in [5.41, 5.74) is 2.08. The maximum Gasteiger partial charge on any atom is 0.243 e. The molecule has 4 heteroatoms. The summed E-state index contributed by atoms with van der Waals surface area (Å²) in [7, 11) is 0. The van der Waals surface area contributed by atoms with E-state index in [2.05, 4.69) is 12.2 Å². The smallest absolute Gasteiger partial charge is 0.243 e. The minimum Gasteiger partial charge on any atom is -0.354 e. The van der Waals surface area contributed by atoms with Crippen LogP contribution in [0.15, 0.2) is 60.7 Å². The van der Waals surface area contributed by atoms with E-state index in [-0.39, 0.29) is 11.8 Å². The molecular formula is C24H32N2O2. The zero-order valence-corrected chi connectivity index (χ0v) is 17.1. The molecule has 2 aromatic carbocycles. The van der Waals surface area contributed by atoms with Crippen LogP contribution in [0.5, 0.6) is 0 Å². The second kappa shape index (κ2) is 12.0. The zero-order chi connectivity index (χ0) is 20.2. The Kier molecular flexibility index (Phi) is 9.26. The van der Waals surface area contributed by atoms with Gasteiger partial charge in [-0.15, -0.1) is 0 Å². The summed E-state index contributed by atoms with van der Waals surface area (Å²) in [5, 5.41) is 3.05. The van der Waals surface area contributed by atoms with Gasteiger partial charge in [0.1, 0.15) is 6.04 Å². The summed E-state index contributed by atoms with van der Waals surface area (Å²) in [6.07, 6.45) is 4.05. The number of unbranched alkanes of at least 4 members (excludes halogenated alkanes) is 2. The fourth-order valence-electron chi connectivity index (χ4n) is 3.24. The van der Waals surface area contributed by atoms with E-state index in [0.717, 1.165) is 30.4 Å². The van der Waals surface area contributed by atoms with Crippen molar-refractivity contribution in [3.8, 4) is 0 Å². The van der Waals surface area contributed by atoms with Crippen molar-refractivity contribution in [1.82, 2.24) is 10.2 Å². The number of carbonyl (C=O) groups is 2. The fourth-order valence-corrected chi connectivity index (χ4v) is 3.24. The first-order valence-corrected chi connectivity index (χ1v) is 10.3. The Balaban J connectivity index is 2.23. The molecule has 0 unspecified atom stereocenters. The molecule has 0 heterocycles. The number of nitrogens with one attached hydrogen (secondary N) is 1. The quantitative estimate of drug-likeness (QED) is 0.590. The van der Waals surface area contributed by atoms with Gasteiger partial charge in [0.25, 0.3) is 0 Å². The van der Waals surface area contributed by atoms with Crippen molar-refractivity contribution in [2.45, 2.75) is 58.5 Å². The molecule has 0 radical (unpaired) electrons. The highest BCUT2D eigenvalue weighted by Crippen LogP contribution is 2.15. The average Bonchev–Trinajstić information content (AvgIpc) is 2.74. The number of carbonyl (C=O) groups excluding carboxylic acids is 2. The number of nitrogens with zero attached hydrogens (tertiary/aromatic N) is 1. The maximum atomic E-state index is 13.1. The Morgan fingerprint density at radius 1 is 0.893 bits per heavy atom. The highest BCUT2D eigenvalue weighted by Gasteiger charge is 2.29. The molecule has 2 amide bonds. The summed E-state index contributed by atoms with van der Waals surface area (Å²) < 4.78 is 0. The van der Waals surface area contributed by atoms with Gasteiger partial charge in [-0.2, -0.15) is 0 Å². The standard InChI is InChI=1S/C24H32N2O2/c1-3-5-12-17-25-24(28)22(18-20-13-8-6-9-14-20)26(23(27)4-2)19-21-15-10-7-11-16-21/h6-11,13-16,22H,3-5,12,17-19H2,1-2H3,(H,25,28)/t22-/m1/s1. The summed E-state index contributed by atoms with van der Waals surface area (Å²) in [5.74, 6) is -0.0776. The molecule has 150 valence electrons. The lowest BCUT2D eigenvalue weighted by Crippen LogP contribution is -2.50. The molecule has 28 heavy (non-hydrogen) atoms. The van der Waals surface area contributed by atoms with Crippen LogP contribution in [0.3, 0.4) is 0 Å². The van der Waals surface area contributed by atoms with E-state index < -0.39 is 6.04 Å². The van der Waals surface area contributed by atoms with Crippen LogP contribution in [0.25, 0.3) is 0 Å². The molecule has 0 saturated carbocycles. The van der Waals surface area contributed by atoms with Gasteiger partial charge in [0.05, 0.1) is 0 Å². The van der Waals surface area contributed by atoms with Gasteiger partial charge in [-0.05, 0) is 17.5 Å². The van der Waals surface area contributed by atoms with Gasteiger partial charge in [0, 0.05) is 25.9 Å². The SMILES string of the molecule is CCCCCNC(=O)[C@@H](Cc1ccccc1)N(Cc1ccccc1)C(=O)CC. The highest BCUT2D eigenvalue weighted by atomic mass is 16.2. The Labute approximate surface area is 169 Å². The molecule has 0 spiro atoms. The van der Waals surface area contributed by atoms with Gasteiger partial charge in [0.15, 0.2) is 0 Å². The maximum absolute atomic E-state index is 13.1. The lowest BCUT2D eigenvalue weighted by atomic mass is 10.0. The normalized spacial score (nSPS) is 11.6. The third-order valence-electron chi connectivity index (χ3n) is 4.85. The van der Waals surface area contributed by atoms with Gasteiger partial charge in [-0.25, -0.2) is 0 Å². The first-order chi connectivity index (χ1) is 13.7. The summed E-state index contributed by atoms with van der Waals surface area (Å²) in [4.78, 5) is 27.6. The molecule has 0 aromatic heterocycles. The molecule has 1 N–H and O–H groups in total. The van der Waals surface area contributed by atoms with E-state index in [1.807, 2.05) is 67.6 Å². The van der Waals surface area contributed by atoms with E-state index in [1.54, 1.807) is 4.90 Å². The largest absolute Gasteiger partial charge is 0.354 e. The van der Waals surface area contributed by atoms with Crippen molar-refractivity contribution >= 4 is 11.8 Å². The Hall–Kier alpha value is -2.62. The first kappa shape index (κ1) is 21.7. The van der Waals surface area contributed by atoms with Gasteiger partial charge in [-0.1, -0.05) is 87.4 Å². The second-order valence-electron chi connectivity index (χ2n) is 7.06. The summed E-state index contributed by atoms with van der Waals surface area (Å²) >= 11 is 0. The predicted octanol–water partition coefficient (Wildman–Crippen LogP) is 4.34. The summed E-state index contributed by atoms with van der Waals surface area (Å²) in [6, 6.07) is 19.3. The lowest BCUT2D eigenvalue weighted by Gasteiger charge is -2.31. The molecule has 4 nitrogen and oxygen atoms in total. The van der Waals surface area contributed by atoms with Crippen LogP contribution < -0.4 is 5.32 Å². The van der Waals surface area contributed by atoms with Crippen molar-refractivity contribution < 1.29 is 9.59 Å². The van der Waals surface area contributed by atoms with Crippen LogP contribution in [-0.4, -0.2) is 29.3 Å². The van der Waals surface area contributed by atoms with Crippen LogP contribution >= 0.6 is 0 Å². The van der Waals surface area contributed by atoms with Crippen LogP contribution in [-0.2, 0) is 22.6 Å². The number of hydrogen-bond acceptors (Lipinski definition) is 2. The molecule has 0 saturated heterocycles. The number of rotatable bonds is 11. The lowest BCUT2D eigenvalue weighted by molar-refractivity contribution is -0.141. The molecule has 2 rings (SSSR count). The number of benzene rings is 2. The van der Waals surface area contributed by atoms with Crippen molar-refractivity contribution in [3.63, 3.8) is 0 Å². The monoisotopic (exact) mass is 380 g/mol. The third-order valence-corrected chi connectivity index (χ3v) is 4.85. The minimum atomic E-state index is -0.517. The van der Waals surface area contributed by atoms with Crippen molar-refractivity contribution in [1.29, 1.82) is 0 Å². The topological polar surface area (TPSA) is 49.4 Å². The van der Waals surface area contributed by atoms with Gasteiger partial charge in [-0.3, -0.25) is 9.59 Å². The molecule has 2 aromatic rings. The molecule has 0 aliphatic rings. The van der Waals surface area contributed by atoms with Crippen molar-refractivity contribution in [2.24, 2.45) is 0 Å². The second-order valence-corrected chi connectivity index (χ2v) is 7.06. The molecular weight excluding hydrogens is 348 g/mol. The molecule has 0 fully saturated rings. The predicted molar refractivity (Wildman–Crippen MR) is 114 cm³/mol. The highest BCUT2D eigenvalue weighted by molar-refractivity contribution is 5.87. The van der Waals surface area contributed by atoms with E-state index >= 15 is 0 Å². The zero-order valence-electron chi connectivity index (χ0n) is 17.1. The third kappa shape index (κ3) is 6.84. The van der Waals surface area contributed by atoms with Crippen molar-refractivity contribution in [2.75, 3.05) is 6.54 Å². The molecule has 0 bridgehead atoms. The average molecular weight is 381 g/mol. The molecule has 1 atom stereocenters. The summed E-state index contributed by atoms with van der Waals surface area (Å²) in [6.45, 7) is 5.07. The Morgan fingerprint density at radius 3 is 2.07 bits per heavy atom. The van der Waals surface area contributed by atoms with Crippen LogP contribution in [0, 0.1) is 0 Å². The van der Waals surface area contributed by atoms with Crippen LogP contribution in [0.4, 0.5) is 0 Å². The van der Waals surface area contributed by atoms with Crippen molar-refractivity contribution in [3.05, 3.63) is 71.8 Å². The first-order valence-electron chi connectivity index (χ1n) is 10.3. The number of amides is 2. The van der Waals surface area contributed by atoms with Gasteiger partial charge >= 0.3 is 0 Å². The molecule has 0 aliphatic heterocycles. The van der Waals surface area contributed by atoms with E-state index in [1.165, 1.54) is 0 Å². The Bertz CT molecular complexity index is 716. The van der Waals surface area contributed by atoms with Crippen LogP contribution in [0.1, 0.15) is 50.7 Å². The van der Waals surface area contributed by atoms with Crippen LogP contribution in [0.2, 0.25) is 0 Å². The van der Waals surface area contributed by atoms with E-state index in [4.69, 9.17) is 0 Å².